The van der Waals surface area contributed by atoms with Gasteiger partial charge in [-0.05, 0) is 48.4 Å². The van der Waals surface area contributed by atoms with Crippen LogP contribution in [0.1, 0.15) is 21.7 Å². The maximum absolute atomic E-state index is 13.1. The average molecular weight is 424 g/mol. The number of carbonyl (C=O) groups is 1. The molecule has 2 heterocycles. The van der Waals surface area contributed by atoms with Crippen molar-refractivity contribution in [2.75, 3.05) is 5.01 Å². The van der Waals surface area contributed by atoms with Crippen LogP contribution in [0.3, 0.4) is 0 Å². The molecule has 2 aromatic carbocycles. The Bertz CT molecular complexity index is 1280. The van der Waals surface area contributed by atoms with E-state index in [0.29, 0.717) is 11.1 Å². The van der Waals surface area contributed by atoms with Crippen molar-refractivity contribution in [3.8, 4) is 0 Å². The molecule has 8 nitrogen and oxygen atoms in total. The lowest BCUT2D eigenvalue weighted by atomic mass is 10.2. The molecule has 0 fully saturated rings. The Balaban J connectivity index is 1.75. The number of aryl methyl sites for hydroxylation is 1. The molecule has 0 saturated carbocycles. The summed E-state index contributed by atoms with van der Waals surface area (Å²) < 4.78 is 19.0. The molecule has 0 bridgehead atoms. The summed E-state index contributed by atoms with van der Waals surface area (Å²) in [6.07, 6.45) is 1.37. The molecule has 0 aliphatic carbocycles. The molecule has 0 saturated heterocycles. The minimum Gasteiger partial charge on any atom is -0.395 e. The first-order valence-electron chi connectivity index (χ1n) is 8.66. The highest BCUT2D eigenvalue weighted by atomic mass is 32.1. The van der Waals surface area contributed by atoms with Gasteiger partial charge in [-0.25, -0.2) is 9.37 Å². The van der Waals surface area contributed by atoms with E-state index in [4.69, 9.17) is 4.42 Å². The van der Waals surface area contributed by atoms with Crippen LogP contribution in [0, 0.1) is 22.9 Å². The van der Waals surface area contributed by atoms with Crippen LogP contribution in [0.4, 0.5) is 15.4 Å². The molecule has 150 valence electrons. The smallest absolute Gasteiger partial charge is 0.395 e. The highest BCUT2D eigenvalue weighted by Crippen LogP contribution is 2.31. The highest BCUT2D eigenvalue weighted by Gasteiger charge is 2.26. The minimum atomic E-state index is -0.733. The van der Waals surface area contributed by atoms with E-state index in [-0.39, 0.29) is 10.9 Å². The van der Waals surface area contributed by atoms with Crippen LogP contribution >= 0.6 is 11.3 Å². The molecule has 10 heteroatoms. The molecule has 0 N–H and O–H groups in total. The summed E-state index contributed by atoms with van der Waals surface area (Å²) in [6, 6.07) is 13.5. The SMILES string of the molecule is Cc1ccc2nc(N(/N=C/c3ccc(F)cc3)C(=O)c3ccc([N+](=O)[O-])o3)sc2c1. The Morgan fingerprint density at radius 3 is 2.70 bits per heavy atom. The van der Waals surface area contributed by atoms with E-state index in [0.717, 1.165) is 21.3 Å². The normalized spacial score (nSPS) is 11.3. The Labute approximate surface area is 173 Å². The molecule has 2 aromatic heterocycles. The number of fused-ring (bicyclic) bond motifs is 1. The molecule has 1 amide bonds. The second kappa shape index (κ2) is 7.84. The quantitative estimate of drug-likeness (QED) is 0.257. The lowest BCUT2D eigenvalue weighted by molar-refractivity contribution is -0.402. The van der Waals surface area contributed by atoms with Crippen LogP contribution < -0.4 is 5.01 Å². The number of nitrogens with zero attached hydrogens (tertiary/aromatic N) is 4. The van der Waals surface area contributed by atoms with Gasteiger partial charge in [0, 0.05) is 0 Å². The van der Waals surface area contributed by atoms with E-state index >= 15 is 0 Å². The zero-order valence-corrected chi connectivity index (χ0v) is 16.3. The van der Waals surface area contributed by atoms with Crippen LogP contribution in [0.25, 0.3) is 10.2 Å². The van der Waals surface area contributed by atoms with Crippen molar-refractivity contribution in [2.24, 2.45) is 5.10 Å². The Kier molecular flexibility index (Phi) is 5.07. The Morgan fingerprint density at radius 1 is 1.23 bits per heavy atom. The third-order valence-electron chi connectivity index (χ3n) is 4.08. The van der Waals surface area contributed by atoms with E-state index in [1.807, 2.05) is 25.1 Å². The predicted octanol–water partition coefficient (Wildman–Crippen LogP) is 4.93. The van der Waals surface area contributed by atoms with Gasteiger partial charge < -0.3 is 4.42 Å². The highest BCUT2D eigenvalue weighted by molar-refractivity contribution is 7.22. The average Bonchev–Trinajstić information content (AvgIpc) is 3.36. The monoisotopic (exact) mass is 424 g/mol. The van der Waals surface area contributed by atoms with Gasteiger partial charge in [0.2, 0.25) is 10.9 Å². The van der Waals surface area contributed by atoms with Crippen molar-refractivity contribution in [3.05, 3.63) is 87.4 Å². The molecule has 0 atom stereocenters. The van der Waals surface area contributed by atoms with E-state index < -0.39 is 22.5 Å². The van der Waals surface area contributed by atoms with E-state index in [2.05, 4.69) is 10.1 Å². The van der Waals surface area contributed by atoms with Crippen LogP contribution in [-0.2, 0) is 0 Å². The van der Waals surface area contributed by atoms with Crippen molar-refractivity contribution >= 4 is 44.7 Å². The summed E-state index contributed by atoms with van der Waals surface area (Å²) >= 11 is 1.24. The van der Waals surface area contributed by atoms with Gasteiger partial charge in [0.1, 0.15) is 10.7 Å². The second-order valence-corrected chi connectivity index (χ2v) is 7.28. The number of benzene rings is 2. The Hall–Kier alpha value is -3.92. The number of carbonyl (C=O) groups excluding carboxylic acids is 1. The van der Waals surface area contributed by atoms with E-state index in [1.165, 1.54) is 47.9 Å². The van der Waals surface area contributed by atoms with Gasteiger partial charge in [-0.1, -0.05) is 29.5 Å². The first-order valence-corrected chi connectivity index (χ1v) is 9.48. The number of hydrazone groups is 1. The van der Waals surface area contributed by atoms with Gasteiger partial charge in [0.05, 0.1) is 22.5 Å². The van der Waals surface area contributed by atoms with Gasteiger partial charge >= 0.3 is 11.8 Å². The first kappa shape index (κ1) is 19.4. The third-order valence-corrected chi connectivity index (χ3v) is 5.07. The summed E-state index contributed by atoms with van der Waals surface area (Å²) in [5.41, 5.74) is 2.27. The van der Waals surface area contributed by atoms with Crippen LogP contribution in [0.15, 0.2) is 64.1 Å². The van der Waals surface area contributed by atoms with Gasteiger partial charge in [-0.3, -0.25) is 14.9 Å². The number of nitro groups is 1. The molecular weight excluding hydrogens is 411 g/mol. The molecule has 0 spiro atoms. The number of hydrogen-bond donors (Lipinski definition) is 0. The number of hydrogen-bond acceptors (Lipinski definition) is 7. The first-order chi connectivity index (χ1) is 14.4. The number of aromatic nitrogens is 1. The van der Waals surface area contributed by atoms with Crippen LogP contribution in [0.5, 0.6) is 0 Å². The number of furan rings is 1. The number of anilines is 1. The number of thiazole rings is 1. The molecule has 0 unspecified atom stereocenters. The summed E-state index contributed by atoms with van der Waals surface area (Å²) in [7, 11) is 0. The minimum absolute atomic E-state index is 0.256. The van der Waals surface area contributed by atoms with Crippen molar-refractivity contribution in [2.45, 2.75) is 6.92 Å². The van der Waals surface area contributed by atoms with Gasteiger partial charge in [-0.2, -0.15) is 10.1 Å². The third kappa shape index (κ3) is 3.94. The van der Waals surface area contributed by atoms with Crippen LogP contribution in [-0.4, -0.2) is 22.0 Å². The van der Waals surface area contributed by atoms with E-state index in [9.17, 15) is 19.3 Å². The summed E-state index contributed by atoms with van der Waals surface area (Å²) in [5.74, 6) is -1.93. The number of halogens is 1. The standard InChI is InChI=1S/C20H13FN4O4S/c1-12-2-7-15-17(10-12)30-20(23-15)24(22-11-13-3-5-14(21)6-4-13)19(26)16-8-9-18(29-16)25(27)28/h2-11H,1H3/b22-11+. The van der Waals surface area contributed by atoms with E-state index in [1.54, 1.807) is 0 Å². The maximum atomic E-state index is 13.1. The predicted molar refractivity (Wildman–Crippen MR) is 111 cm³/mol. The number of amides is 1. The fourth-order valence-electron chi connectivity index (χ4n) is 2.62. The molecule has 4 rings (SSSR count). The van der Waals surface area contributed by atoms with Gasteiger partial charge in [0.15, 0.2) is 0 Å². The molecule has 30 heavy (non-hydrogen) atoms. The molecule has 0 aliphatic rings. The maximum Gasteiger partial charge on any atom is 0.433 e. The molecular formula is C20H13FN4O4S. The lowest BCUT2D eigenvalue weighted by Crippen LogP contribution is -2.25. The van der Waals surface area contributed by atoms with Crippen molar-refractivity contribution in [1.82, 2.24) is 4.98 Å². The molecule has 0 aliphatic heterocycles. The largest absolute Gasteiger partial charge is 0.433 e. The van der Waals surface area contributed by atoms with Crippen molar-refractivity contribution < 1.29 is 18.5 Å². The summed E-state index contributed by atoms with van der Waals surface area (Å²) in [6.45, 7) is 1.94. The second-order valence-electron chi connectivity index (χ2n) is 6.28. The fourth-order valence-corrected chi connectivity index (χ4v) is 3.64. The van der Waals surface area contributed by atoms with Gasteiger partial charge in [0.25, 0.3) is 0 Å². The lowest BCUT2D eigenvalue weighted by Gasteiger charge is -2.11. The Morgan fingerprint density at radius 2 is 2.00 bits per heavy atom. The molecule has 4 aromatic rings. The summed E-state index contributed by atoms with van der Waals surface area (Å²) in [4.78, 5) is 27.6. The fraction of sp³-hybridized carbons (Fsp3) is 0.0500. The number of rotatable bonds is 5. The zero-order chi connectivity index (χ0) is 21.3. The summed E-state index contributed by atoms with van der Waals surface area (Å²) in [5, 5.41) is 16.3. The topological polar surface area (TPSA) is 102 Å². The van der Waals surface area contributed by atoms with Gasteiger partial charge in [-0.15, -0.1) is 0 Å². The molecule has 0 radical (unpaired) electrons. The van der Waals surface area contributed by atoms with Crippen molar-refractivity contribution in [3.63, 3.8) is 0 Å². The zero-order valence-electron chi connectivity index (χ0n) is 15.5. The van der Waals surface area contributed by atoms with Crippen molar-refractivity contribution in [1.29, 1.82) is 0 Å². The van der Waals surface area contributed by atoms with Crippen LogP contribution in [0.2, 0.25) is 0 Å².